The molecule has 1 aromatic heterocycles. The summed E-state index contributed by atoms with van der Waals surface area (Å²) in [6.45, 7) is 3.49. The summed E-state index contributed by atoms with van der Waals surface area (Å²) in [6, 6.07) is 12.9. The number of nitrogens with zero attached hydrogens (tertiary/aromatic N) is 2. The summed E-state index contributed by atoms with van der Waals surface area (Å²) in [5.74, 6) is 0.732. The maximum absolute atomic E-state index is 11.9. The number of hydrogen-bond donors (Lipinski definition) is 1. The Bertz CT molecular complexity index is 1100. The van der Waals surface area contributed by atoms with Crippen LogP contribution in [0, 0.1) is 24.0 Å². The van der Waals surface area contributed by atoms with E-state index in [1.807, 2.05) is 13.8 Å². The molecule has 0 fully saturated rings. The second kappa shape index (κ2) is 9.23. The van der Waals surface area contributed by atoms with E-state index in [1.54, 1.807) is 42.5 Å². The SMILES string of the molecule is Cc1cc(OCC(=O)N/N=C\c2ccc(-c3ccccc3[N+](=O)[O-])o2)cc(C)c1Cl. The van der Waals surface area contributed by atoms with Crippen molar-refractivity contribution >= 4 is 29.4 Å². The van der Waals surface area contributed by atoms with Crippen molar-refractivity contribution in [2.24, 2.45) is 5.10 Å². The smallest absolute Gasteiger partial charge is 0.280 e. The zero-order valence-corrected chi connectivity index (χ0v) is 17.0. The highest BCUT2D eigenvalue weighted by Gasteiger charge is 2.16. The lowest BCUT2D eigenvalue weighted by Gasteiger charge is -2.09. The van der Waals surface area contributed by atoms with Gasteiger partial charge in [0.05, 0.1) is 16.7 Å². The van der Waals surface area contributed by atoms with Gasteiger partial charge in [0.1, 0.15) is 17.3 Å². The van der Waals surface area contributed by atoms with Crippen LogP contribution in [0.25, 0.3) is 11.3 Å². The van der Waals surface area contributed by atoms with Crippen molar-refractivity contribution in [2.75, 3.05) is 6.61 Å². The highest BCUT2D eigenvalue weighted by atomic mass is 35.5. The monoisotopic (exact) mass is 427 g/mol. The number of benzene rings is 2. The Morgan fingerprint density at radius 2 is 1.93 bits per heavy atom. The van der Waals surface area contributed by atoms with Crippen LogP contribution in [0.5, 0.6) is 5.75 Å². The van der Waals surface area contributed by atoms with Crippen LogP contribution in [-0.2, 0) is 4.79 Å². The van der Waals surface area contributed by atoms with Crippen molar-refractivity contribution in [1.29, 1.82) is 0 Å². The Hall–Kier alpha value is -3.65. The summed E-state index contributed by atoms with van der Waals surface area (Å²) in [5.41, 5.74) is 4.34. The molecule has 0 bridgehead atoms. The number of carbonyl (C=O) groups excluding carboxylic acids is 1. The number of carbonyl (C=O) groups is 1. The molecule has 0 aliphatic heterocycles. The van der Waals surface area contributed by atoms with Crippen LogP contribution < -0.4 is 10.2 Å². The summed E-state index contributed by atoms with van der Waals surface area (Å²) in [4.78, 5) is 22.6. The fraction of sp³-hybridized carbons (Fsp3) is 0.143. The lowest BCUT2D eigenvalue weighted by atomic mass is 10.1. The number of ether oxygens (including phenoxy) is 1. The quantitative estimate of drug-likeness (QED) is 0.335. The number of furan rings is 1. The van der Waals surface area contributed by atoms with Crippen molar-refractivity contribution in [3.8, 4) is 17.1 Å². The van der Waals surface area contributed by atoms with E-state index >= 15 is 0 Å². The van der Waals surface area contributed by atoms with E-state index in [0.29, 0.717) is 27.9 Å². The molecule has 8 nitrogen and oxygen atoms in total. The van der Waals surface area contributed by atoms with Crippen LogP contribution in [-0.4, -0.2) is 23.7 Å². The van der Waals surface area contributed by atoms with Gasteiger partial charge < -0.3 is 9.15 Å². The Balaban J connectivity index is 1.57. The molecule has 154 valence electrons. The van der Waals surface area contributed by atoms with E-state index in [0.717, 1.165) is 11.1 Å². The van der Waals surface area contributed by atoms with E-state index in [-0.39, 0.29) is 12.3 Å². The number of nitro groups is 1. The molecule has 0 aliphatic carbocycles. The highest BCUT2D eigenvalue weighted by Crippen LogP contribution is 2.30. The lowest BCUT2D eigenvalue weighted by Crippen LogP contribution is -2.24. The molecule has 1 amide bonds. The van der Waals surface area contributed by atoms with Gasteiger partial charge in [-0.1, -0.05) is 23.7 Å². The molecule has 2 aromatic carbocycles. The summed E-state index contributed by atoms with van der Waals surface area (Å²) >= 11 is 6.11. The van der Waals surface area contributed by atoms with E-state index < -0.39 is 10.8 Å². The number of para-hydroxylation sites is 1. The fourth-order valence-electron chi connectivity index (χ4n) is 2.75. The Morgan fingerprint density at radius 1 is 1.23 bits per heavy atom. The fourth-order valence-corrected chi connectivity index (χ4v) is 2.86. The predicted octanol–water partition coefficient (Wildman–Crippen LogP) is 4.65. The molecule has 0 saturated heterocycles. The molecule has 0 aliphatic rings. The average Bonchev–Trinajstić information content (AvgIpc) is 3.19. The first kappa shape index (κ1) is 21.1. The van der Waals surface area contributed by atoms with E-state index in [4.69, 9.17) is 20.8 Å². The number of amides is 1. The highest BCUT2D eigenvalue weighted by molar-refractivity contribution is 6.32. The van der Waals surface area contributed by atoms with E-state index in [2.05, 4.69) is 10.5 Å². The van der Waals surface area contributed by atoms with Crippen molar-refractivity contribution in [2.45, 2.75) is 13.8 Å². The summed E-state index contributed by atoms with van der Waals surface area (Å²) in [6.07, 6.45) is 1.30. The molecule has 3 aromatic rings. The van der Waals surface area contributed by atoms with Crippen molar-refractivity contribution < 1.29 is 18.9 Å². The van der Waals surface area contributed by atoms with Crippen LogP contribution in [0.15, 0.2) is 58.0 Å². The van der Waals surface area contributed by atoms with E-state index in [1.165, 1.54) is 12.3 Å². The number of nitro benzene ring substituents is 1. The first-order valence-corrected chi connectivity index (χ1v) is 9.28. The minimum atomic E-state index is -0.477. The number of aryl methyl sites for hydroxylation is 2. The second-order valence-corrected chi connectivity index (χ2v) is 6.81. The van der Waals surface area contributed by atoms with Crippen molar-refractivity contribution in [3.05, 3.63) is 80.6 Å². The molecule has 1 N–H and O–H groups in total. The van der Waals surface area contributed by atoms with Crippen LogP contribution in [0.1, 0.15) is 16.9 Å². The molecule has 30 heavy (non-hydrogen) atoms. The first-order chi connectivity index (χ1) is 14.3. The number of nitrogens with one attached hydrogen (secondary N) is 1. The number of hydrogen-bond acceptors (Lipinski definition) is 6. The van der Waals surface area contributed by atoms with Crippen LogP contribution in [0.2, 0.25) is 5.02 Å². The first-order valence-electron chi connectivity index (χ1n) is 8.90. The predicted molar refractivity (Wildman–Crippen MR) is 113 cm³/mol. The van der Waals surface area contributed by atoms with Crippen LogP contribution in [0.4, 0.5) is 5.69 Å². The maximum atomic E-state index is 11.9. The third-order valence-electron chi connectivity index (χ3n) is 4.15. The third kappa shape index (κ3) is 5.03. The van der Waals surface area contributed by atoms with Gasteiger partial charge in [-0.3, -0.25) is 14.9 Å². The van der Waals surface area contributed by atoms with Gasteiger partial charge in [0, 0.05) is 11.1 Å². The zero-order valence-electron chi connectivity index (χ0n) is 16.2. The van der Waals surface area contributed by atoms with Crippen molar-refractivity contribution in [1.82, 2.24) is 5.43 Å². The standard InChI is InChI=1S/C21H18ClN3O5/c1-13-9-16(10-14(2)21(13)22)29-12-20(26)24-23-11-15-7-8-19(30-15)17-5-3-4-6-18(17)25(27)28/h3-11H,12H2,1-2H3,(H,24,26)/b23-11-. The molecular formula is C21H18ClN3O5. The van der Waals surface area contributed by atoms with Crippen LogP contribution in [0.3, 0.4) is 0 Å². The normalized spacial score (nSPS) is 10.9. The molecule has 1 heterocycles. The molecule has 0 radical (unpaired) electrons. The zero-order chi connectivity index (χ0) is 21.7. The number of hydrazone groups is 1. The molecular weight excluding hydrogens is 410 g/mol. The summed E-state index contributed by atoms with van der Waals surface area (Å²) < 4.78 is 11.0. The van der Waals surface area contributed by atoms with Gasteiger partial charge in [-0.05, 0) is 55.3 Å². The third-order valence-corrected chi connectivity index (χ3v) is 4.75. The lowest BCUT2D eigenvalue weighted by molar-refractivity contribution is -0.384. The molecule has 0 saturated carbocycles. The van der Waals surface area contributed by atoms with Crippen molar-refractivity contribution in [3.63, 3.8) is 0 Å². The molecule has 0 atom stereocenters. The topological polar surface area (TPSA) is 107 Å². The minimum Gasteiger partial charge on any atom is -0.484 e. The van der Waals surface area contributed by atoms with Gasteiger partial charge >= 0.3 is 0 Å². The Labute approximate surface area is 177 Å². The van der Waals surface area contributed by atoms with Gasteiger partial charge in [-0.25, -0.2) is 5.43 Å². The molecule has 3 rings (SSSR count). The van der Waals surface area contributed by atoms with Gasteiger partial charge in [0.25, 0.3) is 11.6 Å². The van der Waals surface area contributed by atoms with Gasteiger partial charge in [0.15, 0.2) is 6.61 Å². The van der Waals surface area contributed by atoms with Gasteiger partial charge in [-0.2, -0.15) is 5.10 Å². The maximum Gasteiger partial charge on any atom is 0.280 e. The van der Waals surface area contributed by atoms with E-state index in [9.17, 15) is 14.9 Å². The number of halogens is 1. The number of rotatable bonds is 7. The largest absolute Gasteiger partial charge is 0.484 e. The summed E-state index contributed by atoms with van der Waals surface area (Å²) in [5, 5.41) is 15.6. The van der Waals surface area contributed by atoms with Gasteiger partial charge in [0.2, 0.25) is 0 Å². The molecule has 9 heteroatoms. The van der Waals surface area contributed by atoms with Crippen LogP contribution >= 0.6 is 11.6 Å². The minimum absolute atomic E-state index is 0.0616. The summed E-state index contributed by atoms with van der Waals surface area (Å²) in [7, 11) is 0. The second-order valence-electron chi connectivity index (χ2n) is 6.43. The molecule has 0 unspecified atom stereocenters. The van der Waals surface area contributed by atoms with Gasteiger partial charge in [-0.15, -0.1) is 0 Å². The Morgan fingerprint density at radius 3 is 2.63 bits per heavy atom. The average molecular weight is 428 g/mol. The Kier molecular flexibility index (Phi) is 6.48. The molecule has 0 spiro atoms.